The normalized spacial score (nSPS) is 29.5. The molecule has 0 bridgehead atoms. The van der Waals surface area contributed by atoms with Crippen LogP contribution in [0.5, 0.6) is 0 Å². The van der Waals surface area contributed by atoms with Gasteiger partial charge in [0.05, 0.1) is 0 Å². The van der Waals surface area contributed by atoms with Crippen molar-refractivity contribution in [3.63, 3.8) is 0 Å². The molecular weight excluding hydrogens is 178 g/mol. The summed E-state index contributed by atoms with van der Waals surface area (Å²) in [6.07, 6.45) is -0.634. The molecule has 70 valence electrons. The van der Waals surface area contributed by atoms with Crippen molar-refractivity contribution in [2.45, 2.75) is 12.3 Å². The fourth-order valence-corrected chi connectivity index (χ4v) is 1.17. The van der Waals surface area contributed by atoms with Crippen LogP contribution in [0.2, 0.25) is 0 Å². The Morgan fingerprint density at radius 3 is 2.92 bits per heavy atom. The van der Waals surface area contributed by atoms with Crippen molar-refractivity contribution in [2.75, 3.05) is 0 Å². The largest absolute Gasteiger partial charge is 0.370 e. The highest BCUT2D eigenvalue weighted by Gasteiger charge is 2.35. The molecule has 0 aromatic heterocycles. The van der Waals surface area contributed by atoms with E-state index >= 15 is 0 Å². The quantitative estimate of drug-likeness (QED) is 0.281. The fraction of sp³-hybridized carbons (Fsp3) is 0.500. The molecule has 13 heavy (non-hydrogen) atoms. The van der Waals surface area contributed by atoms with Crippen LogP contribution in [0.15, 0.2) is 9.98 Å². The highest BCUT2D eigenvalue weighted by molar-refractivity contribution is 5.86. The molecule has 9 nitrogen and oxygen atoms in total. The summed E-state index contributed by atoms with van der Waals surface area (Å²) in [4.78, 5) is 17.9. The maximum absolute atomic E-state index is 10.1. The number of guanidine groups is 2. The van der Waals surface area contributed by atoms with Gasteiger partial charge in [0.1, 0.15) is 11.1 Å². The lowest BCUT2D eigenvalue weighted by Gasteiger charge is -2.07. The average Bonchev–Trinajstić information content (AvgIpc) is 2.41. The Labute approximate surface area is 72.2 Å². The zero-order valence-electron chi connectivity index (χ0n) is 6.43. The van der Waals surface area contributed by atoms with Crippen LogP contribution in [-0.4, -0.2) is 34.5 Å². The predicted molar refractivity (Wildman–Crippen MR) is 41.5 cm³/mol. The lowest BCUT2D eigenvalue weighted by Crippen LogP contribution is -2.49. The zero-order valence-corrected chi connectivity index (χ0v) is 6.43. The summed E-state index contributed by atoms with van der Waals surface area (Å²) >= 11 is 0. The van der Waals surface area contributed by atoms with E-state index in [9.17, 15) is 4.91 Å². The number of nitrogens with zero attached hydrogens (tertiary/aromatic N) is 3. The SMILES string of the molecule is NC1=NC2N=C(N[N+](=O)O)NC2N1. The van der Waals surface area contributed by atoms with E-state index in [0.29, 0.717) is 5.96 Å². The molecule has 0 aromatic rings. The van der Waals surface area contributed by atoms with E-state index in [1.54, 1.807) is 0 Å². The number of nitrogens with two attached hydrogens (primary N) is 1. The molecule has 2 aliphatic heterocycles. The first-order chi connectivity index (χ1) is 6.15. The Morgan fingerprint density at radius 1 is 1.54 bits per heavy atom. The van der Waals surface area contributed by atoms with E-state index in [2.05, 4.69) is 20.6 Å². The number of fused-ring (bicyclic) bond motifs is 1. The molecule has 2 unspecified atom stereocenters. The van der Waals surface area contributed by atoms with Crippen LogP contribution < -0.4 is 21.8 Å². The Bertz CT molecular complexity index is 310. The standard InChI is InChI=1S/C4H8N7O2/c5-3-6-1-2(7-3)9-4(8-1)10-11(12)13/h1-2H,(H,12,13)(H3,5,6,7)(H2,8,9,10)/q+1. The minimum Gasteiger partial charge on any atom is -0.370 e. The smallest absolute Gasteiger partial charge is 0.362 e. The van der Waals surface area contributed by atoms with Crippen molar-refractivity contribution >= 4 is 11.9 Å². The summed E-state index contributed by atoms with van der Waals surface area (Å²) in [5.41, 5.74) is 7.37. The lowest BCUT2D eigenvalue weighted by atomic mass is 10.4. The molecular formula is C4H8N7O2+. The van der Waals surface area contributed by atoms with Gasteiger partial charge in [-0.05, 0) is 5.43 Å². The molecule has 0 spiro atoms. The summed E-state index contributed by atoms with van der Waals surface area (Å²) in [6, 6.07) is 0. The van der Waals surface area contributed by atoms with Gasteiger partial charge in [0.15, 0.2) is 12.1 Å². The van der Waals surface area contributed by atoms with Crippen LogP contribution >= 0.6 is 0 Å². The van der Waals surface area contributed by atoms with Crippen LogP contribution in [0, 0.1) is 4.91 Å². The third-order valence-electron chi connectivity index (χ3n) is 1.63. The summed E-state index contributed by atoms with van der Waals surface area (Å²) < 4.78 is 0. The molecule has 2 rings (SSSR count). The zero-order chi connectivity index (χ0) is 9.42. The van der Waals surface area contributed by atoms with Gasteiger partial charge < -0.3 is 16.4 Å². The van der Waals surface area contributed by atoms with E-state index in [-0.39, 0.29) is 18.3 Å². The second kappa shape index (κ2) is 2.47. The van der Waals surface area contributed by atoms with Gasteiger partial charge in [-0.1, -0.05) is 0 Å². The number of nitrogens with one attached hydrogen (secondary N) is 3. The van der Waals surface area contributed by atoms with E-state index in [4.69, 9.17) is 10.9 Å². The van der Waals surface area contributed by atoms with Gasteiger partial charge >= 0.3 is 5.03 Å². The number of hydrogen-bond acceptors (Lipinski definition) is 6. The maximum atomic E-state index is 10.1. The Morgan fingerprint density at radius 2 is 2.31 bits per heavy atom. The third kappa shape index (κ3) is 1.30. The molecule has 0 aliphatic carbocycles. The topological polar surface area (TPSA) is 127 Å². The predicted octanol–water partition coefficient (Wildman–Crippen LogP) is -2.81. The minimum absolute atomic E-state index is 0.149. The van der Waals surface area contributed by atoms with Crippen molar-refractivity contribution in [1.29, 1.82) is 0 Å². The van der Waals surface area contributed by atoms with Gasteiger partial charge in [0.25, 0.3) is 5.96 Å². The fourth-order valence-electron chi connectivity index (χ4n) is 1.17. The lowest BCUT2D eigenvalue weighted by molar-refractivity contribution is -0.822. The van der Waals surface area contributed by atoms with Gasteiger partial charge in [-0.2, -0.15) is 0 Å². The van der Waals surface area contributed by atoms with Gasteiger partial charge in [0, 0.05) is 0 Å². The van der Waals surface area contributed by atoms with Crippen molar-refractivity contribution in [2.24, 2.45) is 15.7 Å². The first-order valence-electron chi connectivity index (χ1n) is 3.52. The van der Waals surface area contributed by atoms with Gasteiger partial charge in [-0.25, -0.2) is 15.2 Å². The van der Waals surface area contributed by atoms with Crippen LogP contribution in [0.4, 0.5) is 0 Å². The van der Waals surface area contributed by atoms with Crippen LogP contribution in [0.25, 0.3) is 0 Å². The molecule has 0 saturated carbocycles. The van der Waals surface area contributed by atoms with E-state index in [0.717, 1.165) is 0 Å². The van der Waals surface area contributed by atoms with Crippen LogP contribution in [-0.2, 0) is 0 Å². The van der Waals surface area contributed by atoms with Gasteiger partial charge in [-0.3, -0.25) is 0 Å². The van der Waals surface area contributed by atoms with Gasteiger partial charge in [0.2, 0.25) is 0 Å². The molecule has 0 aromatic carbocycles. The highest BCUT2D eigenvalue weighted by Crippen LogP contribution is 2.09. The molecule has 0 radical (unpaired) electrons. The summed E-state index contributed by atoms with van der Waals surface area (Å²) in [7, 11) is 0. The Hall–Kier alpha value is -2.06. The van der Waals surface area contributed by atoms with E-state index < -0.39 is 5.03 Å². The van der Waals surface area contributed by atoms with Crippen molar-refractivity contribution in [1.82, 2.24) is 16.1 Å². The molecule has 9 heteroatoms. The van der Waals surface area contributed by atoms with Crippen LogP contribution in [0.1, 0.15) is 0 Å². The summed E-state index contributed by atoms with van der Waals surface area (Å²) in [5, 5.41) is 13.4. The first kappa shape index (κ1) is 7.58. The molecule has 0 amide bonds. The van der Waals surface area contributed by atoms with Crippen molar-refractivity contribution in [3.8, 4) is 0 Å². The second-order valence-corrected chi connectivity index (χ2v) is 2.56. The third-order valence-corrected chi connectivity index (χ3v) is 1.63. The molecule has 2 heterocycles. The molecule has 0 saturated heterocycles. The number of hydrazine groups is 1. The second-order valence-electron chi connectivity index (χ2n) is 2.56. The maximum Gasteiger partial charge on any atom is 0.362 e. The number of aliphatic imine (C=N–C) groups is 2. The van der Waals surface area contributed by atoms with E-state index in [1.165, 1.54) is 0 Å². The molecule has 0 fully saturated rings. The monoisotopic (exact) mass is 186 g/mol. The molecule has 6 N–H and O–H groups in total. The van der Waals surface area contributed by atoms with Crippen LogP contribution in [0.3, 0.4) is 0 Å². The van der Waals surface area contributed by atoms with E-state index in [1.807, 2.05) is 5.43 Å². The van der Waals surface area contributed by atoms with Crippen molar-refractivity contribution in [3.05, 3.63) is 4.91 Å². The Balaban J connectivity index is 2.04. The van der Waals surface area contributed by atoms with Crippen molar-refractivity contribution < 1.29 is 10.2 Å². The number of rotatable bonds is 1. The highest BCUT2D eigenvalue weighted by atomic mass is 16.7. The molecule has 2 atom stereocenters. The number of hydrogen-bond donors (Lipinski definition) is 5. The average molecular weight is 186 g/mol. The Kier molecular flexibility index (Phi) is 1.44. The summed E-state index contributed by atoms with van der Waals surface area (Å²) in [5.74, 6) is 0.449. The van der Waals surface area contributed by atoms with Gasteiger partial charge in [-0.15, -0.1) is 0 Å². The summed E-state index contributed by atoms with van der Waals surface area (Å²) in [6.45, 7) is 0. The minimum atomic E-state index is -0.444. The first-order valence-corrected chi connectivity index (χ1v) is 3.52. The molecule has 2 aliphatic rings.